The Balaban J connectivity index is 1.22. The molecule has 1 N–H and O–H groups in total. The highest BCUT2D eigenvalue weighted by Gasteiger charge is 2.24. The highest BCUT2D eigenvalue weighted by Crippen LogP contribution is 2.30. The van der Waals surface area contributed by atoms with Gasteiger partial charge < -0.3 is 10.2 Å². The summed E-state index contributed by atoms with van der Waals surface area (Å²) in [7, 11) is 0. The number of fused-ring (bicyclic) bond motifs is 1. The third-order valence-electron chi connectivity index (χ3n) is 7.13. The van der Waals surface area contributed by atoms with Gasteiger partial charge in [0.05, 0.1) is 5.52 Å². The van der Waals surface area contributed by atoms with Gasteiger partial charge in [0, 0.05) is 41.9 Å². The average molecular weight is 463 g/mol. The Kier molecular flexibility index (Phi) is 6.52. The third-order valence-corrected chi connectivity index (χ3v) is 7.38. The lowest BCUT2D eigenvalue weighted by Crippen LogP contribution is -2.40. The number of piperidine rings is 1. The van der Waals surface area contributed by atoms with Crippen LogP contribution in [0.1, 0.15) is 48.3 Å². The minimum atomic E-state index is -0.0299. The fraction of sp³-hybridized carbons (Fsp3) is 0.407. The molecule has 5 rings (SSSR count). The molecule has 0 aliphatic carbocycles. The largest absolute Gasteiger partial charge is 0.324 e. The molecule has 5 nitrogen and oxygen atoms in total. The fourth-order valence-electron chi connectivity index (χ4n) is 5.16. The number of halogens is 1. The summed E-state index contributed by atoms with van der Waals surface area (Å²) < 4.78 is 0. The van der Waals surface area contributed by atoms with Crippen LogP contribution in [0.5, 0.6) is 0 Å². The van der Waals surface area contributed by atoms with Gasteiger partial charge in [-0.05, 0) is 92.6 Å². The number of nitrogens with zero attached hydrogens (tertiary/aromatic N) is 3. The molecule has 2 aromatic carbocycles. The molecule has 2 aliphatic heterocycles. The quantitative estimate of drug-likeness (QED) is 0.501. The summed E-state index contributed by atoms with van der Waals surface area (Å²) in [6.07, 6.45) is 6.50. The lowest BCUT2D eigenvalue weighted by molar-refractivity contribution is 0.194. The van der Waals surface area contributed by atoms with E-state index in [-0.39, 0.29) is 6.03 Å². The first kappa shape index (κ1) is 22.2. The maximum Gasteiger partial charge on any atom is 0.321 e. The lowest BCUT2D eigenvalue weighted by Gasteiger charge is -2.32. The second kappa shape index (κ2) is 9.70. The molecule has 0 radical (unpaired) electrons. The minimum Gasteiger partial charge on any atom is -0.324 e. The van der Waals surface area contributed by atoms with Crippen LogP contribution in [0.25, 0.3) is 10.9 Å². The predicted molar refractivity (Wildman–Crippen MR) is 135 cm³/mol. The van der Waals surface area contributed by atoms with Crippen LogP contribution in [-0.2, 0) is 6.54 Å². The topological polar surface area (TPSA) is 48.5 Å². The van der Waals surface area contributed by atoms with Crippen molar-refractivity contribution in [1.82, 2.24) is 14.8 Å². The van der Waals surface area contributed by atoms with Gasteiger partial charge in [0.1, 0.15) is 0 Å². The SMILES string of the molecule is Cc1c(NC(=O)N2CCC(c3ccc(Cl)cc3)CC2)ccc2cc(CN3CCCC3)cnc12. The monoisotopic (exact) mass is 462 g/mol. The summed E-state index contributed by atoms with van der Waals surface area (Å²) >= 11 is 6.02. The Morgan fingerprint density at radius 2 is 1.79 bits per heavy atom. The molecule has 172 valence electrons. The van der Waals surface area contributed by atoms with E-state index in [0.29, 0.717) is 5.92 Å². The van der Waals surface area contributed by atoms with E-state index < -0.39 is 0 Å². The first-order chi connectivity index (χ1) is 16.1. The van der Waals surface area contributed by atoms with Crippen molar-refractivity contribution in [2.24, 2.45) is 0 Å². The molecule has 3 aromatic rings. The minimum absolute atomic E-state index is 0.0299. The molecular formula is C27H31ClN4O. The number of nitrogens with one attached hydrogen (secondary N) is 1. The van der Waals surface area contributed by atoms with Gasteiger partial charge in [-0.1, -0.05) is 29.8 Å². The maximum atomic E-state index is 13.0. The summed E-state index contributed by atoms with van der Waals surface area (Å²) in [5.41, 5.74) is 5.38. The van der Waals surface area contributed by atoms with E-state index in [0.717, 1.165) is 59.7 Å². The van der Waals surface area contributed by atoms with E-state index in [9.17, 15) is 4.79 Å². The van der Waals surface area contributed by atoms with E-state index in [1.165, 1.54) is 37.1 Å². The van der Waals surface area contributed by atoms with Gasteiger partial charge >= 0.3 is 6.03 Å². The number of rotatable bonds is 4. The maximum absolute atomic E-state index is 13.0. The molecule has 0 atom stereocenters. The Morgan fingerprint density at radius 1 is 1.06 bits per heavy atom. The Bertz CT molecular complexity index is 1130. The summed E-state index contributed by atoms with van der Waals surface area (Å²) in [4.78, 5) is 22.1. The van der Waals surface area contributed by atoms with Crippen LogP contribution >= 0.6 is 11.6 Å². The zero-order valence-corrected chi connectivity index (χ0v) is 19.9. The Hall–Kier alpha value is -2.63. The summed E-state index contributed by atoms with van der Waals surface area (Å²) in [6.45, 7) is 6.87. The van der Waals surface area contributed by atoms with Gasteiger partial charge in [0.15, 0.2) is 0 Å². The summed E-state index contributed by atoms with van der Waals surface area (Å²) in [6, 6.07) is 14.4. The summed E-state index contributed by atoms with van der Waals surface area (Å²) in [5.74, 6) is 0.479. The van der Waals surface area contributed by atoms with E-state index >= 15 is 0 Å². The van der Waals surface area contributed by atoms with E-state index in [1.807, 2.05) is 36.2 Å². The predicted octanol–water partition coefficient (Wildman–Crippen LogP) is 6.20. The molecule has 2 saturated heterocycles. The van der Waals surface area contributed by atoms with Crippen LogP contribution in [0.2, 0.25) is 5.02 Å². The Labute approximate surface area is 200 Å². The van der Waals surface area contributed by atoms with Crippen molar-refractivity contribution in [3.63, 3.8) is 0 Å². The first-order valence-electron chi connectivity index (χ1n) is 12.0. The molecule has 33 heavy (non-hydrogen) atoms. The highest BCUT2D eigenvalue weighted by molar-refractivity contribution is 6.30. The number of anilines is 1. The Morgan fingerprint density at radius 3 is 2.52 bits per heavy atom. The molecule has 3 heterocycles. The van der Waals surface area contributed by atoms with Crippen LogP contribution in [-0.4, -0.2) is 47.0 Å². The number of carbonyl (C=O) groups is 1. The number of carbonyl (C=O) groups excluding carboxylic acids is 1. The number of aryl methyl sites for hydroxylation is 1. The van der Waals surface area contributed by atoms with E-state index in [4.69, 9.17) is 16.6 Å². The molecule has 2 amide bonds. The van der Waals surface area contributed by atoms with Crippen molar-refractivity contribution in [2.75, 3.05) is 31.5 Å². The van der Waals surface area contributed by atoms with E-state index in [1.54, 1.807) is 0 Å². The molecule has 0 spiro atoms. The number of likely N-dealkylation sites (tertiary alicyclic amines) is 2. The second-order valence-corrected chi connectivity index (χ2v) is 9.82. The highest BCUT2D eigenvalue weighted by atomic mass is 35.5. The normalized spacial score (nSPS) is 17.6. The second-order valence-electron chi connectivity index (χ2n) is 9.38. The van der Waals surface area contributed by atoms with Crippen LogP contribution in [0.3, 0.4) is 0 Å². The van der Waals surface area contributed by atoms with Crippen molar-refractivity contribution in [3.8, 4) is 0 Å². The third kappa shape index (κ3) is 4.99. The molecule has 0 bridgehead atoms. The number of urea groups is 1. The molecular weight excluding hydrogens is 432 g/mol. The standard InChI is InChI=1S/C27H31ClN4O/c1-19-25(9-6-23-16-20(17-29-26(19)23)18-31-12-2-3-13-31)30-27(33)32-14-10-22(11-15-32)21-4-7-24(28)8-5-21/h4-9,16-17,22H,2-3,10-15,18H2,1H3,(H,30,33). The van der Waals surface area contributed by atoms with E-state index in [2.05, 4.69) is 34.5 Å². The summed E-state index contributed by atoms with van der Waals surface area (Å²) in [5, 5.41) is 5.02. The zero-order chi connectivity index (χ0) is 22.8. The lowest BCUT2D eigenvalue weighted by atomic mass is 9.89. The first-order valence-corrected chi connectivity index (χ1v) is 12.4. The number of aromatic nitrogens is 1. The number of hydrogen-bond acceptors (Lipinski definition) is 3. The van der Waals surface area contributed by atoms with Crippen molar-refractivity contribution in [2.45, 2.75) is 45.1 Å². The molecule has 1 aromatic heterocycles. The van der Waals surface area contributed by atoms with Gasteiger partial charge in [-0.2, -0.15) is 0 Å². The van der Waals surface area contributed by atoms with Gasteiger partial charge in [-0.25, -0.2) is 4.79 Å². The number of benzene rings is 2. The number of amides is 2. The van der Waals surface area contributed by atoms with Crippen LogP contribution in [0, 0.1) is 6.92 Å². The van der Waals surface area contributed by atoms with Crippen molar-refractivity contribution >= 4 is 34.2 Å². The van der Waals surface area contributed by atoms with Gasteiger partial charge in [-0.15, -0.1) is 0 Å². The molecule has 6 heteroatoms. The van der Waals surface area contributed by atoms with Crippen molar-refractivity contribution in [3.05, 3.63) is 70.4 Å². The van der Waals surface area contributed by atoms with Crippen LogP contribution in [0.4, 0.5) is 10.5 Å². The smallest absolute Gasteiger partial charge is 0.321 e. The van der Waals surface area contributed by atoms with Crippen LogP contribution in [0.15, 0.2) is 48.7 Å². The number of pyridine rings is 1. The average Bonchev–Trinajstić information content (AvgIpc) is 3.34. The van der Waals surface area contributed by atoms with Gasteiger partial charge in [0.2, 0.25) is 0 Å². The van der Waals surface area contributed by atoms with Gasteiger partial charge in [0.25, 0.3) is 0 Å². The molecule has 0 unspecified atom stereocenters. The number of hydrogen-bond donors (Lipinski definition) is 1. The molecule has 2 fully saturated rings. The van der Waals surface area contributed by atoms with Crippen molar-refractivity contribution in [1.29, 1.82) is 0 Å². The van der Waals surface area contributed by atoms with Crippen LogP contribution < -0.4 is 5.32 Å². The molecule has 0 saturated carbocycles. The fourth-order valence-corrected chi connectivity index (χ4v) is 5.29. The zero-order valence-electron chi connectivity index (χ0n) is 19.2. The van der Waals surface area contributed by atoms with Gasteiger partial charge in [-0.3, -0.25) is 9.88 Å². The molecule has 2 aliphatic rings. The van der Waals surface area contributed by atoms with Crippen molar-refractivity contribution < 1.29 is 4.79 Å².